The lowest BCUT2D eigenvalue weighted by Crippen LogP contribution is -2.48. The second-order valence-electron chi connectivity index (χ2n) is 4.74. The lowest BCUT2D eigenvalue weighted by Gasteiger charge is -2.34. The molecule has 19 heavy (non-hydrogen) atoms. The summed E-state index contributed by atoms with van der Waals surface area (Å²) in [6, 6.07) is 1.87. The van der Waals surface area contributed by atoms with E-state index in [9.17, 15) is 13.2 Å². The molecular weight excluding hydrogens is 259 g/mol. The van der Waals surface area contributed by atoms with Gasteiger partial charge in [-0.15, -0.1) is 0 Å². The SMILES string of the molecule is NCc1occc1CN1CCN(CC(F)(F)F)CC1. The van der Waals surface area contributed by atoms with E-state index in [0.29, 0.717) is 39.3 Å². The molecule has 0 bridgehead atoms. The van der Waals surface area contributed by atoms with Crippen LogP contribution in [0.3, 0.4) is 0 Å². The Bertz CT molecular complexity index is 397. The van der Waals surface area contributed by atoms with Crippen LogP contribution in [0.5, 0.6) is 0 Å². The summed E-state index contributed by atoms with van der Waals surface area (Å²) in [5, 5.41) is 0. The van der Waals surface area contributed by atoms with Gasteiger partial charge in [0.1, 0.15) is 5.76 Å². The highest BCUT2D eigenvalue weighted by Crippen LogP contribution is 2.19. The van der Waals surface area contributed by atoms with Crippen LogP contribution < -0.4 is 5.73 Å². The number of furan rings is 1. The molecule has 1 aromatic heterocycles. The first-order valence-electron chi connectivity index (χ1n) is 6.25. The lowest BCUT2D eigenvalue weighted by molar-refractivity contribution is -0.149. The van der Waals surface area contributed by atoms with Gasteiger partial charge in [-0.1, -0.05) is 0 Å². The Balaban J connectivity index is 1.80. The number of nitrogens with two attached hydrogens (primary N) is 1. The zero-order valence-corrected chi connectivity index (χ0v) is 10.6. The molecule has 1 aliphatic heterocycles. The van der Waals surface area contributed by atoms with E-state index in [1.807, 2.05) is 6.07 Å². The van der Waals surface area contributed by atoms with Crippen molar-refractivity contribution >= 4 is 0 Å². The average molecular weight is 277 g/mol. The fourth-order valence-corrected chi connectivity index (χ4v) is 2.29. The summed E-state index contributed by atoms with van der Waals surface area (Å²) in [5.41, 5.74) is 6.57. The number of piperazine rings is 1. The first kappa shape index (κ1) is 14.4. The van der Waals surface area contributed by atoms with Gasteiger partial charge in [-0.3, -0.25) is 9.80 Å². The Hall–Kier alpha value is -1.05. The fourth-order valence-electron chi connectivity index (χ4n) is 2.29. The van der Waals surface area contributed by atoms with Gasteiger partial charge in [0.15, 0.2) is 0 Å². The average Bonchev–Trinajstić information content (AvgIpc) is 2.77. The molecule has 1 fully saturated rings. The Morgan fingerprint density at radius 3 is 2.37 bits per heavy atom. The van der Waals surface area contributed by atoms with Crippen molar-refractivity contribution in [3.8, 4) is 0 Å². The van der Waals surface area contributed by atoms with E-state index in [-0.39, 0.29) is 0 Å². The van der Waals surface area contributed by atoms with E-state index >= 15 is 0 Å². The van der Waals surface area contributed by atoms with Crippen molar-refractivity contribution in [3.63, 3.8) is 0 Å². The summed E-state index contributed by atoms with van der Waals surface area (Å²) in [4.78, 5) is 3.56. The van der Waals surface area contributed by atoms with Crippen LogP contribution in [-0.2, 0) is 13.1 Å². The highest BCUT2D eigenvalue weighted by Gasteiger charge is 2.32. The molecule has 0 aliphatic carbocycles. The molecule has 7 heteroatoms. The predicted octanol–water partition coefficient (Wildman–Crippen LogP) is 1.42. The van der Waals surface area contributed by atoms with Crippen LogP contribution in [0.15, 0.2) is 16.7 Å². The molecule has 0 saturated carbocycles. The van der Waals surface area contributed by atoms with Gasteiger partial charge in [0.05, 0.1) is 19.4 Å². The Morgan fingerprint density at radius 1 is 1.16 bits per heavy atom. The molecule has 1 saturated heterocycles. The minimum absolute atomic E-state index is 0.344. The summed E-state index contributed by atoms with van der Waals surface area (Å²) in [5.74, 6) is 0.748. The molecule has 2 N–H and O–H groups in total. The molecule has 108 valence electrons. The quantitative estimate of drug-likeness (QED) is 0.904. The van der Waals surface area contributed by atoms with Crippen LogP contribution in [0.4, 0.5) is 13.2 Å². The topological polar surface area (TPSA) is 45.6 Å². The predicted molar refractivity (Wildman–Crippen MR) is 64.4 cm³/mol. The highest BCUT2D eigenvalue weighted by atomic mass is 19.4. The molecule has 2 rings (SSSR count). The minimum Gasteiger partial charge on any atom is -0.468 e. The Kier molecular flexibility index (Phi) is 4.49. The van der Waals surface area contributed by atoms with E-state index in [0.717, 1.165) is 11.3 Å². The molecular formula is C12H18F3N3O. The lowest BCUT2D eigenvalue weighted by atomic mass is 10.2. The first-order chi connectivity index (χ1) is 8.98. The molecule has 0 spiro atoms. The van der Waals surface area contributed by atoms with Crippen LogP contribution in [-0.4, -0.2) is 48.7 Å². The van der Waals surface area contributed by atoms with Crippen LogP contribution in [0.25, 0.3) is 0 Å². The molecule has 0 atom stereocenters. The smallest absolute Gasteiger partial charge is 0.401 e. The largest absolute Gasteiger partial charge is 0.468 e. The van der Waals surface area contributed by atoms with Gasteiger partial charge in [0, 0.05) is 38.3 Å². The van der Waals surface area contributed by atoms with E-state index in [1.165, 1.54) is 4.90 Å². The molecule has 0 aromatic carbocycles. The minimum atomic E-state index is -4.11. The standard InChI is InChI=1S/C12H18F3N3O/c13-12(14,15)9-18-4-2-17(3-5-18)8-10-1-6-19-11(10)7-16/h1,6H,2-5,7-9,16H2. The number of hydrogen-bond acceptors (Lipinski definition) is 4. The van der Waals surface area contributed by atoms with E-state index in [2.05, 4.69) is 4.90 Å². The molecule has 1 aliphatic rings. The molecule has 0 unspecified atom stereocenters. The highest BCUT2D eigenvalue weighted by molar-refractivity contribution is 5.16. The third-order valence-corrected chi connectivity index (χ3v) is 3.28. The summed E-state index contributed by atoms with van der Waals surface area (Å²) in [7, 11) is 0. The maximum Gasteiger partial charge on any atom is 0.401 e. The van der Waals surface area contributed by atoms with Gasteiger partial charge < -0.3 is 10.2 Å². The molecule has 4 nitrogen and oxygen atoms in total. The third-order valence-electron chi connectivity index (χ3n) is 3.28. The van der Waals surface area contributed by atoms with Crippen molar-refractivity contribution in [2.45, 2.75) is 19.3 Å². The number of alkyl halides is 3. The summed E-state index contributed by atoms with van der Waals surface area (Å²) in [6.45, 7) is 2.35. The van der Waals surface area contributed by atoms with Crippen LogP contribution in [0.1, 0.15) is 11.3 Å². The second-order valence-corrected chi connectivity index (χ2v) is 4.74. The number of hydrogen-bond donors (Lipinski definition) is 1. The van der Waals surface area contributed by atoms with Crippen LogP contribution >= 0.6 is 0 Å². The van der Waals surface area contributed by atoms with E-state index in [4.69, 9.17) is 10.2 Å². The van der Waals surface area contributed by atoms with Crippen LogP contribution in [0, 0.1) is 0 Å². The van der Waals surface area contributed by atoms with Crippen LogP contribution in [0.2, 0.25) is 0 Å². The van der Waals surface area contributed by atoms with Crippen molar-refractivity contribution in [2.24, 2.45) is 5.73 Å². The number of halogens is 3. The Labute approximate surface area is 109 Å². The van der Waals surface area contributed by atoms with Gasteiger partial charge >= 0.3 is 6.18 Å². The molecule has 1 aromatic rings. The first-order valence-corrected chi connectivity index (χ1v) is 6.25. The molecule has 0 amide bonds. The monoisotopic (exact) mass is 277 g/mol. The van der Waals surface area contributed by atoms with Gasteiger partial charge in [-0.25, -0.2) is 0 Å². The Morgan fingerprint density at radius 2 is 1.79 bits per heavy atom. The van der Waals surface area contributed by atoms with Crippen molar-refractivity contribution in [3.05, 3.63) is 23.7 Å². The fraction of sp³-hybridized carbons (Fsp3) is 0.667. The summed E-state index contributed by atoms with van der Waals surface area (Å²) in [6.07, 6.45) is -2.52. The normalized spacial score (nSPS) is 18.9. The maximum absolute atomic E-state index is 12.3. The number of rotatable bonds is 4. The van der Waals surface area contributed by atoms with E-state index < -0.39 is 12.7 Å². The maximum atomic E-state index is 12.3. The van der Waals surface area contributed by atoms with Gasteiger partial charge in [-0.05, 0) is 6.07 Å². The van der Waals surface area contributed by atoms with Gasteiger partial charge in [0.2, 0.25) is 0 Å². The van der Waals surface area contributed by atoms with Gasteiger partial charge in [0.25, 0.3) is 0 Å². The number of nitrogens with zero attached hydrogens (tertiary/aromatic N) is 2. The summed E-state index contributed by atoms with van der Waals surface area (Å²) >= 11 is 0. The van der Waals surface area contributed by atoms with Crippen molar-refractivity contribution in [2.75, 3.05) is 32.7 Å². The van der Waals surface area contributed by atoms with Crippen molar-refractivity contribution in [1.29, 1.82) is 0 Å². The van der Waals surface area contributed by atoms with Crippen molar-refractivity contribution in [1.82, 2.24) is 9.80 Å². The molecule has 0 radical (unpaired) electrons. The third kappa shape index (κ3) is 4.22. The zero-order chi connectivity index (χ0) is 13.9. The molecule has 2 heterocycles. The second kappa shape index (κ2) is 5.94. The van der Waals surface area contributed by atoms with E-state index in [1.54, 1.807) is 6.26 Å². The summed E-state index contributed by atoms with van der Waals surface area (Å²) < 4.78 is 42.0. The van der Waals surface area contributed by atoms with Crippen molar-refractivity contribution < 1.29 is 17.6 Å². The van der Waals surface area contributed by atoms with Gasteiger partial charge in [-0.2, -0.15) is 13.2 Å². The zero-order valence-electron chi connectivity index (χ0n) is 10.6.